The Morgan fingerprint density at radius 2 is 1.73 bits per heavy atom. The Kier molecular flexibility index (Phi) is 7.44. The number of Topliss-reactive ketones (excluding diaryl/α,β-unsaturated/α-hetero) is 1. The van der Waals surface area contributed by atoms with E-state index < -0.39 is 0 Å². The van der Waals surface area contributed by atoms with Gasteiger partial charge in [-0.15, -0.1) is 0 Å². The first-order valence-electron chi connectivity index (χ1n) is 10.9. The summed E-state index contributed by atoms with van der Waals surface area (Å²) in [5.41, 5.74) is 1.39. The summed E-state index contributed by atoms with van der Waals surface area (Å²) >= 11 is 0. The number of piperidine rings is 1. The predicted octanol–water partition coefficient (Wildman–Crippen LogP) is 6.39. The summed E-state index contributed by atoms with van der Waals surface area (Å²) in [5.74, 6) is 1.98. The predicted molar refractivity (Wildman–Crippen MR) is 119 cm³/mol. The summed E-state index contributed by atoms with van der Waals surface area (Å²) in [5, 5.41) is 11.6. The maximum atomic E-state index is 12.0. The highest BCUT2D eigenvalue weighted by Crippen LogP contribution is 2.36. The van der Waals surface area contributed by atoms with E-state index in [4.69, 9.17) is 4.74 Å². The van der Waals surface area contributed by atoms with Gasteiger partial charge in [0.05, 0.1) is 4.92 Å². The highest BCUT2D eigenvalue weighted by molar-refractivity contribution is 5.96. The highest BCUT2D eigenvalue weighted by atomic mass is 16.6. The van der Waals surface area contributed by atoms with Gasteiger partial charge in [0.25, 0.3) is 5.69 Å². The number of ether oxygens (including phenoxy) is 1. The van der Waals surface area contributed by atoms with Gasteiger partial charge in [0.2, 0.25) is 0 Å². The summed E-state index contributed by atoms with van der Waals surface area (Å²) < 4.78 is 5.94. The summed E-state index contributed by atoms with van der Waals surface area (Å²) in [6.45, 7) is 5.82. The van der Waals surface area contributed by atoms with Crippen molar-refractivity contribution < 1.29 is 14.5 Å². The van der Waals surface area contributed by atoms with Crippen molar-refractivity contribution in [2.24, 2.45) is 5.92 Å². The van der Waals surface area contributed by atoms with E-state index >= 15 is 0 Å². The van der Waals surface area contributed by atoms with Crippen LogP contribution in [-0.2, 0) is 0 Å². The molecule has 0 bridgehead atoms. The van der Waals surface area contributed by atoms with Gasteiger partial charge in [0, 0.05) is 37.2 Å². The second-order valence-electron chi connectivity index (χ2n) is 7.93. The average Bonchev–Trinajstić information content (AvgIpc) is 2.75. The first-order chi connectivity index (χ1) is 14.5. The van der Waals surface area contributed by atoms with Crippen molar-refractivity contribution >= 4 is 17.2 Å². The largest absolute Gasteiger partial charge is 0.457 e. The van der Waals surface area contributed by atoms with Gasteiger partial charge in [-0.3, -0.25) is 14.9 Å². The van der Waals surface area contributed by atoms with Gasteiger partial charge in [0.15, 0.2) is 5.78 Å². The minimum Gasteiger partial charge on any atom is -0.457 e. The number of rotatable bonds is 9. The van der Waals surface area contributed by atoms with Crippen molar-refractivity contribution in [2.75, 3.05) is 18.0 Å². The Morgan fingerprint density at radius 1 is 1.07 bits per heavy atom. The van der Waals surface area contributed by atoms with E-state index in [0.29, 0.717) is 35.1 Å². The molecule has 0 unspecified atom stereocenters. The molecule has 1 saturated heterocycles. The zero-order valence-electron chi connectivity index (χ0n) is 17.8. The number of nitro groups is 1. The van der Waals surface area contributed by atoms with Crippen LogP contribution in [0.2, 0.25) is 0 Å². The lowest BCUT2D eigenvalue weighted by atomic mass is 9.92. The van der Waals surface area contributed by atoms with Crippen LogP contribution in [0.25, 0.3) is 0 Å². The summed E-state index contributed by atoms with van der Waals surface area (Å²) in [6.07, 6.45) is 5.86. The molecule has 0 N–H and O–H groups in total. The SMILES string of the molecule is CCCC(=O)c1ccc(Oc2ccc([N+](=O)[O-])c(N3CCC(CCC)CC3)c2)cc1. The third-order valence-electron chi connectivity index (χ3n) is 5.68. The molecule has 0 saturated carbocycles. The van der Waals surface area contributed by atoms with Crippen molar-refractivity contribution in [3.05, 3.63) is 58.1 Å². The van der Waals surface area contributed by atoms with Crippen LogP contribution in [0.5, 0.6) is 11.5 Å². The molecular formula is C24H30N2O4. The Bertz CT molecular complexity index is 871. The average molecular weight is 411 g/mol. The second kappa shape index (κ2) is 10.2. The van der Waals surface area contributed by atoms with E-state index in [1.165, 1.54) is 18.9 Å². The van der Waals surface area contributed by atoms with Crippen molar-refractivity contribution in [2.45, 2.75) is 52.4 Å². The number of hydrogen-bond acceptors (Lipinski definition) is 5. The first-order valence-corrected chi connectivity index (χ1v) is 10.9. The fourth-order valence-corrected chi connectivity index (χ4v) is 4.06. The smallest absolute Gasteiger partial charge is 0.292 e. The molecule has 1 aliphatic rings. The summed E-state index contributed by atoms with van der Waals surface area (Å²) in [7, 11) is 0. The van der Waals surface area contributed by atoms with Gasteiger partial charge < -0.3 is 9.64 Å². The number of hydrogen-bond donors (Lipinski definition) is 0. The van der Waals surface area contributed by atoms with Crippen LogP contribution in [0.3, 0.4) is 0 Å². The maximum Gasteiger partial charge on any atom is 0.292 e. The molecule has 0 atom stereocenters. The van der Waals surface area contributed by atoms with E-state index in [-0.39, 0.29) is 16.4 Å². The minimum absolute atomic E-state index is 0.108. The van der Waals surface area contributed by atoms with Crippen LogP contribution >= 0.6 is 0 Å². The molecule has 2 aromatic carbocycles. The molecular weight excluding hydrogens is 380 g/mol. The maximum absolute atomic E-state index is 12.0. The van der Waals surface area contributed by atoms with Crippen molar-refractivity contribution in [1.29, 1.82) is 0 Å². The molecule has 1 fully saturated rings. The van der Waals surface area contributed by atoms with E-state index in [2.05, 4.69) is 11.8 Å². The van der Waals surface area contributed by atoms with E-state index in [9.17, 15) is 14.9 Å². The van der Waals surface area contributed by atoms with Gasteiger partial charge in [-0.05, 0) is 55.5 Å². The van der Waals surface area contributed by atoms with Crippen LogP contribution in [0.1, 0.15) is 62.7 Å². The highest BCUT2D eigenvalue weighted by Gasteiger charge is 2.25. The number of nitro benzene ring substituents is 1. The Labute approximate surface area is 178 Å². The number of carbonyl (C=O) groups is 1. The van der Waals surface area contributed by atoms with Gasteiger partial charge >= 0.3 is 0 Å². The Balaban J connectivity index is 1.76. The number of carbonyl (C=O) groups excluding carboxylic acids is 1. The first kappa shape index (κ1) is 21.8. The van der Waals surface area contributed by atoms with Gasteiger partial charge in [-0.25, -0.2) is 0 Å². The molecule has 2 aromatic rings. The molecule has 0 spiro atoms. The van der Waals surface area contributed by atoms with Crippen LogP contribution in [-0.4, -0.2) is 23.8 Å². The van der Waals surface area contributed by atoms with Crippen molar-refractivity contribution in [3.63, 3.8) is 0 Å². The van der Waals surface area contributed by atoms with Gasteiger partial charge in [-0.1, -0.05) is 26.7 Å². The minimum atomic E-state index is -0.328. The third-order valence-corrected chi connectivity index (χ3v) is 5.68. The quantitative estimate of drug-likeness (QED) is 0.272. The van der Waals surface area contributed by atoms with Gasteiger partial charge in [-0.2, -0.15) is 0 Å². The number of anilines is 1. The van der Waals surface area contributed by atoms with E-state index in [1.807, 2.05) is 6.92 Å². The molecule has 0 amide bonds. The zero-order valence-corrected chi connectivity index (χ0v) is 17.8. The lowest BCUT2D eigenvalue weighted by Gasteiger charge is -2.33. The fourth-order valence-electron chi connectivity index (χ4n) is 4.06. The standard InChI is InChI=1S/C24H30N2O4/c1-3-5-18-13-15-25(16-14-18)23-17-21(11-12-22(23)26(28)29)30-20-9-7-19(8-10-20)24(27)6-4-2/h7-12,17-18H,3-6,13-16H2,1-2H3. The number of benzene rings is 2. The third kappa shape index (κ3) is 5.38. The van der Waals surface area contributed by atoms with Crippen LogP contribution in [0, 0.1) is 16.0 Å². The molecule has 6 heteroatoms. The number of ketones is 1. The monoisotopic (exact) mass is 410 g/mol. The molecule has 30 heavy (non-hydrogen) atoms. The molecule has 1 aliphatic heterocycles. The second-order valence-corrected chi connectivity index (χ2v) is 7.93. The molecule has 160 valence electrons. The fraction of sp³-hybridized carbons (Fsp3) is 0.458. The molecule has 6 nitrogen and oxygen atoms in total. The molecule has 0 radical (unpaired) electrons. The summed E-state index contributed by atoms with van der Waals surface area (Å²) in [4.78, 5) is 25.3. The topological polar surface area (TPSA) is 72.7 Å². The van der Waals surface area contributed by atoms with E-state index in [0.717, 1.165) is 32.4 Å². The van der Waals surface area contributed by atoms with Crippen LogP contribution < -0.4 is 9.64 Å². The summed E-state index contributed by atoms with van der Waals surface area (Å²) in [6, 6.07) is 12.0. The lowest BCUT2D eigenvalue weighted by molar-refractivity contribution is -0.384. The van der Waals surface area contributed by atoms with Gasteiger partial charge in [0.1, 0.15) is 17.2 Å². The number of nitrogens with zero attached hydrogens (tertiary/aromatic N) is 2. The molecule has 0 aromatic heterocycles. The van der Waals surface area contributed by atoms with E-state index in [1.54, 1.807) is 36.4 Å². The molecule has 0 aliphatic carbocycles. The van der Waals surface area contributed by atoms with Crippen molar-refractivity contribution in [1.82, 2.24) is 0 Å². The Morgan fingerprint density at radius 3 is 2.33 bits per heavy atom. The van der Waals surface area contributed by atoms with Crippen LogP contribution in [0.15, 0.2) is 42.5 Å². The van der Waals surface area contributed by atoms with Crippen LogP contribution in [0.4, 0.5) is 11.4 Å². The van der Waals surface area contributed by atoms with Crippen molar-refractivity contribution in [3.8, 4) is 11.5 Å². The zero-order chi connectivity index (χ0) is 21.5. The Hall–Kier alpha value is -2.89. The lowest BCUT2D eigenvalue weighted by Crippen LogP contribution is -2.34. The molecule has 1 heterocycles. The molecule has 3 rings (SSSR count). The normalized spacial score (nSPS) is 14.5.